The van der Waals surface area contributed by atoms with E-state index in [2.05, 4.69) is 13.5 Å². The molecule has 0 bridgehead atoms. The molecule has 0 aromatic rings. The number of allylic oxidation sites excluding steroid dienone is 4. The summed E-state index contributed by atoms with van der Waals surface area (Å²) in [6.45, 7) is 5.76. The monoisotopic (exact) mass is 138 g/mol. The summed E-state index contributed by atoms with van der Waals surface area (Å²) in [5, 5.41) is 8.44. The van der Waals surface area contributed by atoms with Gasteiger partial charge >= 0.3 is 0 Å². The quantitative estimate of drug-likeness (QED) is 0.589. The number of hydrogen-bond acceptors (Lipinski definition) is 1. The van der Waals surface area contributed by atoms with E-state index in [1.54, 1.807) is 12.2 Å². The minimum Gasteiger partial charge on any atom is -0.392 e. The van der Waals surface area contributed by atoms with Crippen LogP contribution in [-0.2, 0) is 0 Å². The molecule has 0 spiro atoms. The highest BCUT2D eigenvalue weighted by Crippen LogP contribution is 2.01. The maximum atomic E-state index is 8.44. The van der Waals surface area contributed by atoms with Gasteiger partial charge in [-0.1, -0.05) is 37.8 Å². The first-order chi connectivity index (χ1) is 4.85. The Balaban J connectivity index is 3.94. The first-order valence-corrected chi connectivity index (χ1v) is 3.44. The summed E-state index contributed by atoms with van der Waals surface area (Å²) in [7, 11) is 0. The van der Waals surface area contributed by atoms with Gasteiger partial charge in [0.2, 0.25) is 0 Å². The summed E-state index contributed by atoms with van der Waals surface area (Å²) in [6.07, 6.45) is 8.29. The summed E-state index contributed by atoms with van der Waals surface area (Å²) < 4.78 is 0. The maximum Gasteiger partial charge on any atom is 0.0615 e. The Morgan fingerprint density at radius 3 is 2.70 bits per heavy atom. The first-order valence-electron chi connectivity index (χ1n) is 3.44. The molecule has 0 aliphatic rings. The van der Waals surface area contributed by atoms with Gasteiger partial charge in [-0.05, 0) is 12.0 Å². The minimum absolute atomic E-state index is 0.106. The van der Waals surface area contributed by atoms with Gasteiger partial charge < -0.3 is 5.11 Å². The Morgan fingerprint density at radius 1 is 1.60 bits per heavy atom. The predicted molar refractivity (Wildman–Crippen MR) is 44.8 cm³/mol. The third kappa shape index (κ3) is 4.10. The van der Waals surface area contributed by atoms with E-state index in [1.165, 1.54) is 5.57 Å². The highest BCUT2D eigenvalue weighted by atomic mass is 16.2. The zero-order chi connectivity index (χ0) is 7.82. The number of rotatable bonds is 4. The van der Waals surface area contributed by atoms with Crippen molar-refractivity contribution in [1.29, 1.82) is 0 Å². The van der Waals surface area contributed by atoms with E-state index >= 15 is 0 Å². The van der Waals surface area contributed by atoms with Gasteiger partial charge in [0.15, 0.2) is 0 Å². The van der Waals surface area contributed by atoms with E-state index < -0.39 is 0 Å². The van der Waals surface area contributed by atoms with Crippen molar-refractivity contribution in [3.8, 4) is 0 Å². The standard InChI is InChI=1S/C9H14O/c1-3-6-9(4-2)7-5-8-10/h3,5-7,10H,1,4,8H2,2H3/b7-5-,9-6-. The molecule has 56 valence electrons. The highest BCUT2D eigenvalue weighted by Gasteiger charge is 1.82. The Morgan fingerprint density at radius 2 is 2.30 bits per heavy atom. The average Bonchev–Trinajstić information content (AvgIpc) is 1.98. The van der Waals surface area contributed by atoms with Crippen LogP contribution >= 0.6 is 0 Å². The van der Waals surface area contributed by atoms with Gasteiger partial charge in [0.1, 0.15) is 0 Å². The molecule has 0 aromatic carbocycles. The van der Waals surface area contributed by atoms with Crippen molar-refractivity contribution in [3.05, 3.63) is 36.5 Å². The van der Waals surface area contributed by atoms with Gasteiger partial charge in [-0.2, -0.15) is 0 Å². The zero-order valence-electron chi connectivity index (χ0n) is 6.38. The number of aliphatic hydroxyl groups excluding tert-OH is 1. The second-order valence-corrected chi connectivity index (χ2v) is 1.92. The van der Waals surface area contributed by atoms with Crippen LogP contribution < -0.4 is 0 Å². The summed E-state index contributed by atoms with van der Waals surface area (Å²) >= 11 is 0. The normalized spacial score (nSPS) is 12.4. The third-order valence-corrected chi connectivity index (χ3v) is 1.18. The molecule has 1 nitrogen and oxygen atoms in total. The van der Waals surface area contributed by atoms with Crippen molar-refractivity contribution >= 4 is 0 Å². The van der Waals surface area contributed by atoms with Gasteiger partial charge in [0.05, 0.1) is 6.61 Å². The maximum absolute atomic E-state index is 8.44. The largest absolute Gasteiger partial charge is 0.392 e. The molecular weight excluding hydrogens is 124 g/mol. The van der Waals surface area contributed by atoms with E-state index in [1.807, 2.05) is 12.2 Å². The van der Waals surface area contributed by atoms with Crippen LogP contribution in [0.1, 0.15) is 13.3 Å². The van der Waals surface area contributed by atoms with Crippen LogP contribution in [0, 0.1) is 0 Å². The fraction of sp³-hybridized carbons (Fsp3) is 0.333. The highest BCUT2D eigenvalue weighted by molar-refractivity contribution is 5.22. The van der Waals surface area contributed by atoms with E-state index in [0.717, 1.165) is 6.42 Å². The number of hydrogen-bond donors (Lipinski definition) is 1. The topological polar surface area (TPSA) is 20.2 Å². The van der Waals surface area contributed by atoms with Crippen molar-refractivity contribution in [2.24, 2.45) is 0 Å². The molecule has 0 aromatic heterocycles. The SMILES string of the molecule is C=C/C=C(\C=C/CO)CC. The molecule has 0 unspecified atom stereocenters. The molecule has 1 heteroatoms. The van der Waals surface area contributed by atoms with Crippen LogP contribution in [0.25, 0.3) is 0 Å². The number of aliphatic hydroxyl groups is 1. The Bertz CT molecular complexity index is 143. The summed E-state index contributed by atoms with van der Waals surface area (Å²) in [4.78, 5) is 0. The average molecular weight is 138 g/mol. The van der Waals surface area contributed by atoms with Crippen LogP contribution in [0.4, 0.5) is 0 Å². The lowest BCUT2D eigenvalue weighted by Crippen LogP contribution is -1.75. The molecule has 10 heavy (non-hydrogen) atoms. The molecule has 0 heterocycles. The molecule has 0 aliphatic heterocycles. The van der Waals surface area contributed by atoms with Gasteiger partial charge in [-0.25, -0.2) is 0 Å². The second kappa shape index (κ2) is 6.30. The Hall–Kier alpha value is -0.820. The van der Waals surface area contributed by atoms with Crippen LogP contribution in [0.5, 0.6) is 0 Å². The Kier molecular flexibility index (Phi) is 5.79. The molecule has 0 radical (unpaired) electrons. The summed E-state index contributed by atoms with van der Waals surface area (Å²) in [5.41, 5.74) is 1.18. The van der Waals surface area contributed by atoms with Gasteiger partial charge in [-0.15, -0.1) is 0 Å². The molecule has 0 amide bonds. The molecule has 0 rings (SSSR count). The molecule has 0 atom stereocenters. The third-order valence-electron chi connectivity index (χ3n) is 1.18. The molecule has 0 saturated carbocycles. The van der Waals surface area contributed by atoms with Crippen LogP contribution in [0.3, 0.4) is 0 Å². The first kappa shape index (κ1) is 9.18. The van der Waals surface area contributed by atoms with Crippen LogP contribution in [-0.4, -0.2) is 11.7 Å². The lowest BCUT2D eigenvalue weighted by Gasteiger charge is -1.91. The van der Waals surface area contributed by atoms with Gasteiger partial charge in [0, 0.05) is 0 Å². The minimum atomic E-state index is 0.106. The molecule has 0 fully saturated rings. The van der Waals surface area contributed by atoms with E-state index in [-0.39, 0.29) is 6.61 Å². The van der Waals surface area contributed by atoms with Crippen LogP contribution in [0.2, 0.25) is 0 Å². The molecule has 0 saturated heterocycles. The zero-order valence-corrected chi connectivity index (χ0v) is 6.38. The summed E-state index contributed by atoms with van der Waals surface area (Å²) in [6, 6.07) is 0. The van der Waals surface area contributed by atoms with Crippen molar-refractivity contribution in [2.45, 2.75) is 13.3 Å². The smallest absolute Gasteiger partial charge is 0.0615 e. The van der Waals surface area contributed by atoms with Crippen molar-refractivity contribution in [1.82, 2.24) is 0 Å². The molecular formula is C9H14O. The van der Waals surface area contributed by atoms with Gasteiger partial charge in [-0.3, -0.25) is 0 Å². The Labute approximate surface area is 62.4 Å². The fourth-order valence-electron chi connectivity index (χ4n) is 0.647. The van der Waals surface area contributed by atoms with E-state index in [0.29, 0.717) is 0 Å². The van der Waals surface area contributed by atoms with E-state index in [9.17, 15) is 0 Å². The fourth-order valence-corrected chi connectivity index (χ4v) is 0.647. The van der Waals surface area contributed by atoms with Crippen molar-refractivity contribution in [3.63, 3.8) is 0 Å². The molecule has 1 N–H and O–H groups in total. The van der Waals surface area contributed by atoms with Crippen molar-refractivity contribution in [2.75, 3.05) is 6.61 Å². The molecule has 0 aliphatic carbocycles. The second-order valence-electron chi connectivity index (χ2n) is 1.92. The predicted octanol–water partition coefficient (Wildman–Crippen LogP) is 2.06. The van der Waals surface area contributed by atoms with E-state index in [4.69, 9.17) is 5.11 Å². The van der Waals surface area contributed by atoms with Crippen molar-refractivity contribution < 1.29 is 5.11 Å². The lowest BCUT2D eigenvalue weighted by atomic mass is 10.2. The van der Waals surface area contributed by atoms with Crippen LogP contribution in [0.15, 0.2) is 36.5 Å². The lowest BCUT2D eigenvalue weighted by molar-refractivity contribution is 0.342. The van der Waals surface area contributed by atoms with Gasteiger partial charge in [0.25, 0.3) is 0 Å². The summed E-state index contributed by atoms with van der Waals surface area (Å²) in [5.74, 6) is 0.